The fourth-order valence-corrected chi connectivity index (χ4v) is 2.21. The van der Waals surface area contributed by atoms with Crippen LogP contribution in [0.25, 0.3) is 10.9 Å². The number of carbonyl (C=O) groups excluding carboxylic acids is 1. The Morgan fingerprint density at radius 2 is 2.00 bits per heavy atom. The van der Waals surface area contributed by atoms with Crippen molar-refractivity contribution in [2.45, 2.75) is 0 Å². The first-order chi connectivity index (χ1) is 9.65. The third kappa shape index (κ3) is 2.26. The molecule has 5 heteroatoms. The van der Waals surface area contributed by atoms with Gasteiger partial charge in [-0.15, -0.1) is 0 Å². The van der Waals surface area contributed by atoms with Crippen molar-refractivity contribution in [1.29, 1.82) is 0 Å². The largest absolute Gasteiger partial charge is 0.360 e. The molecule has 2 N–H and O–H groups in total. The highest BCUT2D eigenvalue weighted by molar-refractivity contribution is 6.31. The molecule has 0 spiro atoms. The van der Waals surface area contributed by atoms with Gasteiger partial charge in [-0.25, -0.2) is 4.39 Å². The lowest BCUT2D eigenvalue weighted by Crippen LogP contribution is -2.12. The van der Waals surface area contributed by atoms with Crippen LogP contribution >= 0.6 is 11.6 Å². The summed E-state index contributed by atoms with van der Waals surface area (Å²) in [5.41, 5.74) is 1.37. The number of halogens is 2. The first-order valence-corrected chi connectivity index (χ1v) is 6.35. The molecule has 100 valence electrons. The van der Waals surface area contributed by atoms with Crippen molar-refractivity contribution >= 4 is 34.1 Å². The fraction of sp³-hybridized carbons (Fsp3) is 0. The number of fused-ring (bicyclic) bond motifs is 1. The number of rotatable bonds is 2. The van der Waals surface area contributed by atoms with Gasteiger partial charge in [-0.3, -0.25) is 4.79 Å². The molecule has 0 atom stereocenters. The quantitative estimate of drug-likeness (QED) is 0.729. The van der Waals surface area contributed by atoms with Crippen molar-refractivity contribution < 1.29 is 9.18 Å². The number of aromatic amines is 1. The lowest BCUT2D eigenvalue weighted by Gasteiger charge is -2.05. The standard InChI is InChI=1S/C15H10ClFN2O/c16-9-5-6-13-10(7-9)11(8-18-13)15(20)19-14-4-2-1-3-12(14)17/h1-8,18H,(H,19,20). The van der Waals surface area contributed by atoms with Crippen LogP contribution in [0.5, 0.6) is 0 Å². The van der Waals surface area contributed by atoms with E-state index in [0.717, 1.165) is 5.52 Å². The van der Waals surface area contributed by atoms with Gasteiger partial charge in [0.2, 0.25) is 0 Å². The van der Waals surface area contributed by atoms with Gasteiger partial charge in [-0.05, 0) is 30.3 Å². The molecule has 0 saturated carbocycles. The summed E-state index contributed by atoms with van der Waals surface area (Å²) < 4.78 is 13.5. The third-order valence-corrected chi connectivity index (χ3v) is 3.25. The van der Waals surface area contributed by atoms with E-state index in [9.17, 15) is 9.18 Å². The van der Waals surface area contributed by atoms with Crippen molar-refractivity contribution in [3.8, 4) is 0 Å². The second-order valence-corrected chi connectivity index (χ2v) is 4.76. The highest BCUT2D eigenvalue weighted by atomic mass is 35.5. The summed E-state index contributed by atoms with van der Waals surface area (Å²) in [7, 11) is 0. The van der Waals surface area contributed by atoms with Gasteiger partial charge in [-0.1, -0.05) is 23.7 Å². The molecule has 0 unspecified atom stereocenters. The van der Waals surface area contributed by atoms with Gasteiger partial charge < -0.3 is 10.3 Å². The zero-order chi connectivity index (χ0) is 14.1. The Morgan fingerprint density at radius 1 is 1.20 bits per heavy atom. The smallest absolute Gasteiger partial charge is 0.257 e. The molecule has 3 aromatic rings. The van der Waals surface area contributed by atoms with Gasteiger partial charge in [0.25, 0.3) is 5.91 Å². The lowest BCUT2D eigenvalue weighted by atomic mass is 10.1. The Morgan fingerprint density at radius 3 is 2.80 bits per heavy atom. The van der Waals surface area contributed by atoms with Crippen LogP contribution in [0.15, 0.2) is 48.7 Å². The molecule has 0 saturated heterocycles. The van der Waals surface area contributed by atoms with Gasteiger partial charge in [0.1, 0.15) is 5.82 Å². The molecule has 0 aliphatic carbocycles. The first kappa shape index (κ1) is 12.7. The number of nitrogens with one attached hydrogen (secondary N) is 2. The Hall–Kier alpha value is -2.33. The lowest BCUT2D eigenvalue weighted by molar-refractivity contribution is 0.102. The zero-order valence-corrected chi connectivity index (χ0v) is 11.0. The fourth-order valence-electron chi connectivity index (χ4n) is 2.03. The molecule has 20 heavy (non-hydrogen) atoms. The van der Waals surface area contributed by atoms with E-state index in [0.29, 0.717) is 16.0 Å². The van der Waals surface area contributed by atoms with Crippen LogP contribution in [-0.4, -0.2) is 10.9 Å². The van der Waals surface area contributed by atoms with Crippen LogP contribution < -0.4 is 5.32 Å². The van der Waals surface area contributed by atoms with Crippen molar-refractivity contribution in [2.24, 2.45) is 0 Å². The van der Waals surface area contributed by atoms with E-state index in [2.05, 4.69) is 10.3 Å². The van der Waals surface area contributed by atoms with Crippen LogP contribution in [-0.2, 0) is 0 Å². The molecule has 3 rings (SSSR count). The Bertz CT molecular complexity index is 797. The van der Waals surface area contributed by atoms with E-state index in [1.54, 1.807) is 36.5 Å². The van der Waals surface area contributed by atoms with E-state index in [1.165, 1.54) is 12.1 Å². The Balaban J connectivity index is 1.97. The average molecular weight is 289 g/mol. The van der Waals surface area contributed by atoms with E-state index >= 15 is 0 Å². The summed E-state index contributed by atoms with van der Waals surface area (Å²) in [6, 6.07) is 11.2. The zero-order valence-electron chi connectivity index (χ0n) is 10.3. The molecule has 2 aromatic carbocycles. The Kier molecular flexibility index (Phi) is 3.16. The van der Waals surface area contributed by atoms with Gasteiger partial charge in [-0.2, -0.15) is 0 Å². The number of aromatic nitrogens is 1. The molecular weight excluding hydrogens is 279 g/mol. The maximum atomic E-state index is 13.5. The summed E-state index contributed by atoms with van der Waals surface area (Å²) in [5, 5.41) is 3.79. The number of para-hydroxylation sites is 1. The van der Waals surface area contributed by atoms with Gasteiger partial charge in [0.05, 0.1) is 11.3 Å². The molecule has 3 nitrogen and oxygen atoms in total. The summed E-state index contributed by atoms with van der Waals surface area (Å²) in [5.74, 6) is -0.859. The van der Waals surface area contributed by atoms with E-state index in [-0.39, 0.29) is 11.6 Å². The van der Waals surface area contributed by atoms with Gasteiger partial charge in [0, 0.05) is 22.1 Å². The van der Waals surface area contributed by atoms with Crippen LogP contribution in [0.3, 0.4) is 0 Å². The molecular formula is C15H10ClFN2O. The number of carbonyl (C=O) groups is 1. The van der Waals surface area contributed by atoms with Crippen LogP contribution in [0.2, 0.25) is 5.02 Å². The predicted molar refractivity (Wildman–Crippen MR) is 77.7 cm³/mol. The number of benzene rings is 2. The van der Waals surface area contributed by atoms with Crippen molar-refractivity contribution in [3.05, 3.63) is 65.1 Å². The molecule has 0 aliphatic heterocycles. The molecule has 1 heterocycles. The highest BCUT2D eigenvalue weighted by Gasteiger charge is 2.13. The van der Waals surface area contributed by atoms with Crippen LogP contribution in [0.1, 0.15) is 10.4 Å². The van der Waals surface area contributed by atoms with Crippen LogP contribution in [0.4, 0.5) is 10.1 Å². The summed E-state index contributed by atoms with van der Waals surface area (Å²) in [4.78, 5) is 15.2. The van der Waals surface area contributed by atoms with Crippen molar-refractivity contribution in [2.75, 3.05) is 5.32 Å². The normalized spacial score (nSPS) is 10.7. The first-order valence-electron chi connectivity index (χ1n) is 5.97. The summed E-state index contributed by atoms with van der Waals surface area (Å²) in [6.45, 7) is 0. The Labute approximate surface area is 119 Å². The minimum Gasteiger partial charge on any atom is -0.360 e. The molecule has 1 aromatic heterocycles. The molecule has 0 fully saturated rings. The maximum absolute atomic E-state index is 13.5. The number of anilines is 1. The van der Waals surface area contributed by atoms with Gasteiger partial charge in [0.15, 0.2) is 0 Å². The summed E-state index contributed by atoms with van der Waals surface area (Å²) in [6.07, 6.45) is 1.58. The van der Waals surface area contributed by atoms with E-state index in [1.807, 2.05) is 0 Å². The molecule has 0 radical (unpaired) electrons. The SMILES string of the molecule is O=C(Nc1ccccc1F)c1c[nH]c2ccc(Cl)cc12. The van der Waals surface area contributed by atoms with E-state index < -0.39 is 5.82 Å². The molecule has 0 aliphatic rings. The van der Waals surface area contributed by atoms with Crippen molar-refractivity contribution in [3.63, 3.8) is 0 Å². The van der Waals surface area contributed by atoms with Crippen LogP contribution in [0, 0.1) is 5.82 Å². The number of hydrogen-bond acceptors (Lipinski definition) is 1. The van der Waals surface area contributed by atoms with Gasteiger partial charge >= 0.3 is 0 Å². The highest BCUT2D eigenvalue weighted by Crippen LogP contribution is 2.23. The average Bonchev–Trinajstić information content (AvgIpc) is 2.84. The topological polar surface area (TPSA) is 44.9 Å². The third-order valence-electron chi connectivity index (χ3n) is 3.01. The number of amides is 1. The second kappa shape index (κ2) is 4.98. The predicted octanol–water partition coefficient (Wildman–Crippen LogP) is 4.21. The monoisotopic (exact) mass is 288 g/mol. The number of H-pyrrole nitrogens is 1. The van der Waals surface area contributed by atoms with E-state index in [4.69, 9.17) is 11.6 Å². The summed E-state index contributed by atoms with van der Waals surface area (Å²) >= 11 is 5.93. The molecule has 0 bridgehead atoms. The number of hydrogen-bond donors (Lipinski definition) is 2. The second-order valence-electron chi connectivity index (χ2n) is 4.33. The minimum atomic E-state index is -0.473. The minimum absolute atomic E-state index is 0.147. The maximum Gasteiger partial charge on any atom is 0.257 e. The molecule has 1 amide bonds. The van der Waals surface area contributed by atoms with Crippen molar-refractivity contribution in [1.82, 2.24) is 4.98 Å².